The Hall–Kier alpha value is -2.50. The zero-order valence-corrected chi connectivity index (χ0v) is 15.6. The van der Waals surface area contributed by atoms with E-state index in [4.69, 9.17) is 33.4 Å². The minimum atomic E-state index is -0.118. The van der Waals surface area contributed by atoms with E-state index in [-0.39, 0.29) is 18.5 Å². The number of nitrogens with zero attached hydrogens (tertiary/aromatic N) is 2. The first-order valence-electron chi connectivity index (χ1n) is 8.04. The summed E-state index contributed by atoms with van der Waals surface area (Å²) < 4.78 is 5.70. The average molecular weight is 389 g/mol. The van der Waals surface area contributed by atoms with Crippen molar-refractivity contribution in [3.63, 3.8) is 0 Å². The van der Waals surface area contributed by atoms with E-state index >= 15 is 0 Å². The van der Waals surface area contributed by atoms with Crippen LogP contribution in [0.25, 0.3) is 11.3 Å². The summed E-state index contributed by atoms with van der Waals surface area (Å²) in [5, 5.41) is 4.26. The van der Waals surface area contributed by atoms with Gasteiger partial charge in [-0.2, -0.15) is 0 Å². The van der Waals surface area contributed by atoms with E-state index in [1.807, 2.05) is 43.3 Å². The Kier molecular flexibility index (Phi) is 5.81. The first kappa shape index (κ1) is 18.3. The number of hydrogen-bond acceptors (Lipinski definition) is 3. The van der Waals surface area contributed by atoms with Crippen LogP contribution in [0.3, 0.4) is 0 Å². The van der Waals surface area contributed by atoms with Crippen LogP contribution in [0.2, 0.25) is 10.0 Å². The lowest BCUT2D eigenvalue weighted by Crippen LogP contribution is -2.34. The molecule has 0 saturated heterocycles. The highest BCUT2D eigenvalue weighted by molar-refractivity contribution is 6.35. The molecule has 3 N–H and O–H groups in total. The average Bonchev–Trinajstić information content (AvgIpc) is 3.09. The second-order valence-electron chi connectivity index (χ2n) is 5.72. The number of oxazole rings is 1. The van der Waals surface area contributed by atoms with Gasteiger partial charge in [0, 0.05) is 15.6 Å². The van der Waals surface area contributed by atoms with Gasteiger partial charge in [0.05, 0.1) is 12.2 Å². The fourth-order valence-electron chi connectivity index (χ4n) is 2.47. The molecule has 7 heteroatoms. The monoisotopic (exact) mass is 388 g/mol. The molecule has 0 radical (unpaired) electrons. The third kappa shape index (κ3) is 4.56. The smallest absolute Gasteiger partial charge is 0.216 e. The third-order valence-electron chi connectivity index (χ3n) is 3.79. The number of rotatable bonds is 5. The Balaban J connectivity index is 1.62. The predicted molar refractivity (Wildman–Crippen MR) is 105 cm³/mol. The van der Waals surface area contributed by atoms with E-state index in [0.29, 0.717) is 21.7 Å². The van der Waals surface area contributed by atoms with Crippen molar-refractivity contribution in [3.05, 3.63) is 76.2 Å². The molecular formula is C19H18Cl2N4O. The minimum absolute atomic E-state index is 0.118. The van der Waals surface area contributed by atoms with E-state index in [0.717, 1.165) is 11.1 Å². The molecule has 0 aliphatic heterocycles. The number of guanidine groups is 1. The molecule has 3 rings (SSSR count). The molecule has 1 unspecified atom stereocenters. The lowest BCUT2D eigenvalue weighted by Gasteiger charge is -2.16. The van der Waals surface area contributed by atoms with Gasteiger partial charge in [-0.1, -0.05) is 59.6 Å². The molecule has 0 bridgehead atoms. The highest BCUT2D eigenvalue weighted by Crippen LogP contribution is 2.26. The SMILES string of the molecule is CC(NC(N)=NCc1ncc(-c2ccccc2)o1)c1ccc(Cl)cc1Cl. The van der Waals surface area contributed by atoms with Gasteiger partial charge in [0.1, 0.15) is 6.54 Å². The first-order chi connectivity index (χ1) is 12.5. The molecule has 5 nitrogen and oxygen atoms in total. The summed E-state index contributed by atoms with van der Waals surface area (Å²) in [6.07, 6.45) is 1.68. The first-order valence-corrected chi connectivity index (χ1v) is 8.80. The molecule has 1 aromatic heterocycles. The molecule has 1 atom stereocenters. The maximum Gasteiger partial charge on any atom is 0.216 e. The molecule has 3 aromatic rings. The van der Waals surface area contributed by atoms with Gasteiger partial charge in [0.2, 0.25) is 5.89 Å². The summed E-state index contributed by atoms with van der Waals surface area (Å²) in [6.45, 7) is 2.18. The van der Waals surface area contributed by atoms with Crippen LogP contribution < -0.4 is 11.1 Å². The molecule has 0 saturated carbocycles. The van der Waals surface area contributed by atoms with Crippen molar-refractivity contribution in [1.29, 1.82) is 0 Å². The van der Waals surface area contributed by atoms with Crippen molar-refractivity contribution in [2.75, 3.05) is 0 Å². The molecule has 26 heavy (non-hydrogen) atoms. The predicted octanol–water partition coefficient (Wildman–Crippen LogP) is 4.81. The van der Waals surface area contributed by atoms with Crippen LogP contribution in [0.5, 0.6) is 0 Å². The third-order valence-corrected chi connectivity index (χ3v) is 4.35. The van der Waals surface area contributed by atoms with Crippen LogP contribution in [0.4, 0.5) is 0 Å². The van der Waals surface area contributed by atoms with E-state index in [9.17, 15) is 0 Å². The highest BCUT2D eigenvalue weighted by atomic mass is 35.5. The molecular weight excluding hydrogens is 371 g/mol. The van der Waals surface area contributed by atoms with E-state index in [2.05, 4.69) is 15.3 Å². The Labute approximate surface area is 161 Å². The van der Waals surface area contributed by atoms with Crippen LogP contribution in [0.15, 0.2) is 64.1 Å². The fraction of sp³-hybridized carbons (Fsp3) is 0.158. The molecule has 0 amide bonds. The molecule has 0 aliphatic rings. The van der Waals surface area contributed by atoms with Crippen LogP contribution >= 0.6 is 23.2 Å². The highest BCUT2D eigenvalue weighted by Gasteiger charge is 2.11. The molecule has 1 heterocycles. The number of hydrogen-bond donors (Lipinski definition) is 2. The van der Waals surface area contributed by atoms with Crippen molar-refractivity contribution in [1.82, 2.24) is 10.3 Å². The van der Waals surface area contributed by atoms with Gasteiger partial charge in [0.15, 0.2) is 11.7 Å². The van der Waals surface area contributed by atoms with E-state index < -0.39 is 0 Å². The summed E-state index contributed by atoms with van der Waals surface area (Å²) in [4.78, 5) is 8.50. The molecule has 0 fully saturated rings. The van der Waals surface area contributed by atoms with Gasteiger partial charge in [-0.15, -0.1) is 0 Å². The summed E-state index contributed by atoms with van der Waals surface area (Å²) in [6, 6.07) is 15.0. The van der Waals surface area contributed by atoms with Crippen molar-refractivity contribution < 1.29 is 4.42 Å². The van der Waals surface area contributed by atoms with Crippen molar-refractivity contribution in [2.45, 2.75) is 19.5 Å². The van der Waals surface area contributed by atoms with Gasteiger partial charge in [-0.3, -0.25) is 0 Å². The second-order valence-corrected chi connectivity index (χ2v) is 6.56. The normalized spacial score (nSPS) is 12.8. The Morgan fingerprint density at radius 1 is 1.23 bits per heavy atom. The zero-order valence-electron chi connectivity index (χ0n) is 14.1. The lowest BCUT2D eigenvalue weighted by atomic mass is 10.1. The topological polar surface area (TPSA) is 76.4 Å². The summed E-state index contributed by atoms with van der Waals surface area (Å²) in [7, 11) is 0. The zero-order chi connectivity index (χ0) is 18.5. The fourth-order valence-corrected chi connectivity index (χ4v) is 3.04. The molecule has 134 valence electrons. The molecule has 0 aliphatic carbocycles. The standard InChI is InChI=1S/C19H18Cl2N4O/c1-12(15-8-7-14(20)9-16(15)21)25-19(22)24-11-18-23-10-17(26-18)13-5-3-2-4-6-13/h2-10,12H,11H2,1H3,(H3,22,24,25). The van der Waals surface area contributed by atoms with Gasteiger partial charge < -0.3 is 15.5 Å². The molecule has 0 spiro atoms. The maximum absolute atomic E-state index is 6.21. The van der Waals surface area contributed by atoms with Gasteiger partial charge in [-0.05, 0) is 24.6 Å². The van der Waals surface area contributed by atoms with Gasteiger partial charge >= 0.3 is 0 Å². The van der Waals surface area contributed by atoms with E-state index in [1.165, 1.54) is 0 Å². The van der Waals surface area contributed by atoms with Crippen molar-refractivity contribution in [2.24, 2.45) is 10.7 Å². The lowest BCUT2D eigenvalue weighted by molar-refractivity contribution is 0.509. The minimum Gasteiger partial charge on any atom is -0.439 e. The summed E-state index contributed by atoms with van der Waals surface area (Å²) in [5.74, 6) is 1.47. The van der Waals surface area contributed by atoms with Crippen molar-refractivity contribution in [3.8, 4) is 11.3 Å². The number of benzene rings is 2. The van der Waals surface area contributed by atoms with Crippen LogP contribution in [0.1, 0.15) is 24.4 Å². The summed E-state index contributed by atoms with van der Waals surface area (Å²) in [5.41, 5.74) is 7.81. The van der Waals surface area contributed by atoms with Gasteiger partial charge in [0.25, 0.3) is 0 Å². The van der Waals surface area contributed by atoms with Crippen LogP contribution in [0, 0.1) is 0 Å². The van der Waals surface area contributed by atoms with Crippen LogP contribution in [-0.2, 0) is 6.54 Å². The van der Waals surface area contributed by atoms with Gasteiger partial charge in [-0.25, -0.2) is 9.98 Å². The van der Waals surface area contributed by atoms with Crippen molar-refractivity contribution >= 4 is 29.2 Å². The van der Waals surface area contributed by atoms with E-state index in [1.54, 1.807) is 18.3 Å². The number of aromatic nitrogens is 1. The summed E-state index contributed by atoms with van der Waals surface area (Å²) >= 11 is 12.1. The number of nitrogens with two attached hydrogens (primary N) is 1. The number of aliphatic imine (C=N–C) groups is 1. The number of nitrogens with one attached hydrogen (secondary N) is 1. The second kappa shape index (κ2) is 8.25. The largest absolute Gasteiger partial charge is 0.439 e. The Bertz CT molecular complexity index is 909. The van der Waals surface area contributed by atoms with Crippen LogP contribution in [-0.4, -0.2) is 10.9 Å². The Morgan fingerprint density at radius 3 is 2.73 bits per heavy atom. The quantitative estimate of drug-likeness (QED) is 0.485. The number of halogens is 2. The Morgan fingerprint density at radius 2 is 2.00 bits per heavy atom. The maximum atomic E-state index is 6.21. The molecule has 2 aromatic carbocycles.